The van der Waals surface area contributed by atoms with Gasteiger partial charge in [-0.05, 0) is 75.4 Å². The first kappa shape index (κ1) is 20.9. The van der Waals surface area contributed by atoms with Crippen LogP contribution in [0.1, 0.15) is 56.3 Å². The molecule has 0 unspecified atom stereocenters. The van der Waals surface area contributed by atoms with Gasteiger partial charge < -0.3 is 15.3 Å². The maximum Gasteiger partial charge on any atom is 0.317 e. The Morgan fingerprint density at radius 3 is 2.75 bits per heavy atom. The molecule has 0 aliphatic carbocycles. The van der Waals surface area contributed by atoms with Gasteiger partial charge in [-0.15, -0.1) is 0 Å². The highest BCUT2D eigenvalue weighted by atomic mass is 35.5. The lowest BCUT2D eigenvalue weighted by Gasteiger charge is -2.35. The molecule has 2 aliphatic rings. The van der Waals surface area contributed by atoms with E-state index in [-0.39, 0.29) is 12.1 Å². The predicted molar refractivity (Wildman–Crippen MR) is 110 cm³/mol. The second-order valence-corrected chi connectivity index (χ2v) is 8.89. The van der Waals surface area contributed by atoms with Gasteiger partial charge in [0, 0.05) is 37.2 Å². The number of carboxylic acids is 1. The summed E-state index contributed by atoms with van der Waals surface area (Å²) in [6, 6.07) is 4.15. The van der Waals surface area contributed by atoms with Crippen LogP contribution in [-0.4, -0.2) is 53.1 Å². The molecule has 0 bridgehead atoms. The summed E-state index contributed by atoms with van der Waals surface area (Å²) >= 11 is 6.45. The number of nitrogens with one attached hydrogen (secondary N) is 1. The fourth-order valence-corrected chi connectivity index (χ4v) is 4.62. The number of hydrogen-bond acceptors (Lipinski definition) is 3. The minimum Gasteiger partial charge on any atom is -0.481 e. The number of nitrogens with zero attached hydrogens (tertiary/aromatic N) is 2. The fraction of sp³-hybridized carbons (Fsp3) is 0.619. The molecule has 1 fully saturated rings. The van der Waals surface area contributed by atoms with Gasteiger partial charge in [0.25, 0.3) is 0 Å². The highest BCUT2D eigenvalue weighted by Gasteiger charge is 2.37. The van der Waals surface area contributed by atoms with Crippen LogP contribution >= 0.6 is 11.6 Å². The van der Waals surface area contributed by atoms with E-state index in [0.717, 1.165) is 31.4 Å². The topological polar surface area (TPSA) is 72.9 Å². The summed E-state index contributed by atoms with van der Waals surface area (Å²) in [5.74, 6) is -0.774. The van der Waals surface area contributed by atoms with Crippen LogP contribution in [0, 0.1) is 5.41 Å². The van der Waals surface area contributed by atoms with E-state index in [2.05, 4.69) is 10.2 Å². The Morgan fingerprint density at radius 2 is 2.07 bits per heavy atom. The Kier molecular flexibility index (Phi) is 6.20. The highest BCUT2D eigenvalue weighted by molar-refractivity contribution is 6.30. The Labute approximate surface area is 171 Å². The lowest BCUT2D eigenvalue weighted by atomic mass is 9.88. The first-order chi connectivity index (χ1) is 13.2. The number of carbonyl (C=O) groups is 2. The molecule has 2 N–H and O–H groups in total. The lowest BCUT2D eigenvalue weighted by molar-refractivity contribution is -0.148. The zero-order valence-electron chi connectivity index (χ0n) is 16.9. The third kappa shape index (κ3) is 4.28. The molecule has 7 heteroatoms. The van der Waals surface area contributed by atoms with Crippen molar-refractivity contribution < 1.29 is 14.7 Å². The molecule has 3 rings (SSSR count). The Balaban J connectivity index is 1.87. The van der Waals surface area contributed by atoms with Gasteiger partial charge in [0.15, 0.2) is 0 Å². The number of hydrogen-bond donors (Lipinski definition) is 2. The summed E-state index contributed by atoms with van der Waals surface area (Å²) < 4.78 is 0. The van der Waals surface area contributed by atoms with Crippen LogP contribution in [0.3, 0.4) is 0 Å². The maximum atomic E-state index is 12.2. The molecular formula is C21H30ClN3O3. The van der Waals surface area contributed by atoms with Crippen LogP contribution in [0.5, 0.6) is 0 Å². The number of amides is 2. The Morgan fingerprint density at radius 1 is 1.32 bits per heavy atom. The number of benzene rings is 1. The third-order valence-corrected chi connectivity index (χ3v) is 6.07. The Hall–Kier alpha value is -1.79. The normalized spacial score (nSPS) is 20.1. The van der Waals surface area contributed by atoms with Crippen molar-refractivity contribution in [3.05, 3.63) is 33.8 Å². The van der Waals surface area contributed by atoms with E-state index in [1.807, 2.05) is 24.0 Å². The van der Waals surface area contributed by atoms with Crippen LogP contribution in [0.25, 0.3) is 0 Å². The second-order valence-electron chi connectivity index (χ2n) is 8.46. The van der Waals surface area contributed by atoms with E-state index in [1.54, 1.807) is 13.8 Å². The number of rotatable bonds is 5. The number of halogens is 1. The monoisotopic (exact) mass is 407 g/mol. The zero-order valence-corrected chi connectivity index (χ0v) is 17.7. The van der Waals surface area contributed by atoms with Gasteiger partial charge in [-0.25, -0.2) is 4.79 Å². The molecule has 154 valence electrons. The van der Waals surface area contributed by atoms with E-state index in [4.69, 9.17) is 11.6 Å². The van der Waals surface area contributed by atoms with E-state index in [9.17, 15) is 14.7 Å². The van der Waals surface area contributed by atoms with Crippen molar-refractivity contribution in [3.63, 3.8) is 0 Å². The van der Waals surface area contributed by atoms with Crippen molar-refractivity contribution >= 4 is 23.6 Å². The molecule has 1 atom stereocenters. The smallest absolute Gasteiger partial charge is 0.317 e. The zero-order chi connectivity index (χ0) is 20.5. The SMILES string of the molecule is CCNC(=O)N1CCc2c(cc(Cl)cc2[C@@H]2CCCN2CC(C)(C)C(=O)O)C1. The maximum absolute atomic E-state index is 12.2. The van der Waals surface area contributed by atoms with Crippen molar-refractivity contribution in [1.29, 1.82) is 0 Å². The first-order valence-electron chi connectivity index (χ1n) is 10.0. The van der Waals surface area contributed by atoms with E-state index in [0.29, 0.717) is 31.2 Å². The molecule has 0 saturated carbocycles. The third-order valence-electron chi connectivity index (χ3n) is 5.85. The number of urea groups is 1. The molecule has 1 aromatic rings. The van der Waals surface area contributed by atoms with Gasteiger partial charge in [0.05, 0.1) is 5.41 Å². The van der Waals surface area contributed by atoms with E-state index < -0.39 is 11.4 Å². The van der Waals surface area contributed by atoms with E-state index >= 15 is 0 Å². The summed E-state index contributed by atoms with van der Waals surface area (Å²) in [7, 11) is 0. The van der Waals surface area contributed by atoms with Crippen LogP contribution in [-0.2, 0) is 17.8 Å². The highest BCUT2D eigenvalue weighted by Crippen LogP contribution is 2.39. The fourth-order valence-electron chi connectivity index (χ4n) is 4.37. The number of carboxylic acid groups (broad SMARTS) is 1. The molecule has 6 nitrogen and oxygen atoms in total. The van der Waals surface area contributed by atoms with Gasteiger partial charge in [0.2, 0.25) is 0 Å². The molecule has 0 radical (unpaired) electrons. The molecule has 2 aliphatic heterocycles. The lowest BCUT2D eigenvalue weighted by Crippen LogP contribution is -2.43. The van der Waals surface area contributed by atoms with Crippen LogP contribution in [0.2, 0.25) is 5.02 Å². The van der Waals surface area contributed by atoms with Crippen molar-refractivity contribution in [3.8, 4) is 0 Å². The molecule has 0 spiro atoms. The van der Waals surface area contributed by atoms with Gasteiger partial charge in [-0.1, -0.05) is 11.6 Å². The van der Waals surface area contributed by atoms with Crippen LogP contribution in [0.4, 0.5) is 4.79 Å². The van der Waals surface area contributed by atoms with Crippen LogP contribution < -0.4 is 5.32 Å². The van der Waals surface area contributed by atoms with Gasteiger partial charge >= 0.3 is 12.0 Å². The molecule has 0 aromatic heterocycles. The van der Waals surface area contributed by atoms with E-state index in [1.165, 1.54) is 11.1 Å². The summed E-state index contributed by atoms with van der Waals surface area (Å²) in [6.45, 7) is 8.73. The predicted octanol–water partition coefficient (Wildman–Crippen LogP) is 3.68. The van der Waals surface area contributed by atoms with Crippen molar-refractivity contribution in [2.24, 2.45) is 5.41 Å². The standard InChI is InChI=1S/C21H30ClN3O3/c1-4-23-20(28)24-9-7-16-14(12-24)10-15(22)11-17(16)18-6-5-8-25(18)13-21(2,3)19(26)27/h10-11,18H,4-9,12-13H2,1-3H3,(H,23,28)(H,26,27)/t18-/m0/s1. The van der Waals surface area contributed by atoms with Crippen molar-refractivity contribution in [1.82, 2.24) is 15.1 Å². The molecular weight excluding hydrogens is 378 g/mol. The quantitative estimate of drug-likeness (QED) is 0.780. The summed E-state index contributed by atoms with van der Waals surface area (Å²) in [5, 5.41) is 13.1. The minimum absolute atomic E-state index is 0.0413. The van der Waals surface area contributed by atoms with Gasteiger partial charge in [0.1, 0.15) is 0 Å². The molecule has 28 heavy (non-hydrogen) atoms. The average Bonchev–Trinajstić information content (AvgIpc) is 3.07. The number of aliphatic carboxylic acids is 1. The molecule has 2 heterocycles. The Bertz CT molecular complexity index is 766. The summed E-state index contributed by atoms with van der Waals surface area (Å²) in [4.78, 5) is 27.9. The number of likely N-dealkylation sites (tertiary alicyclic amines) is 1. The van der Waals surface area contributed by atoms with Gasteiger partial charge in [-0.2, -0.15) is 0 Å². The minimum atomic E-state index is -0.795. The number of carbonyl (C=O) groups excluding carboxylic acids is 1. The first-order valence-corrected chi connectivity index (χ1v) is 10.4. The number of fused-ring (bicyclic) bond motifs is 1. The summed E-state index contributed by atoms with van der Waals surface area (Å²) in [5.41, 5.74) is 2.78. The summed E-state index contributed by atoms with van der Waals surface area (Å²) in [6.07, 6.45) is 2.85. The molecule has 2 amide bonds. The van der Waals surface area contributed by atoms with Gasteiger partial charge in [-0.3, -0.25) is 9.69 Å². The largest absolute Gasteiger partial charge is 0.481 e. The van der Waals surface area contributed by atoms with Crippen LogP contribution in [0.15, 0.2) is 12.1 Å². The second kappa shape index (κ2) is 8.29. The van der Waals surface area contributed by atoms with Crippen molar-refractivity contribution in [2.45, 2.75) is 52.6 Å². The molecule has 1 aromatic carbocycles. The average molecular weight is 408 g/mol. The van der Waals surface area contributed by atoms with Crippen molar-refractivity contribution in [2.75, 3.05) is 26.2 Å². The molecule has 1 saturated heterocycles.